The largest absolute Gasteiger partial charge is 0.374 e. The van der Waals surface area contributed by atoms with E-state index in [4.69, 9.17) is 4.74 Å². The van der Waals surface area contributed by atoms with Gasteiger partial charge in [0.05, 0.1) is 23.4 Å². The fourth-order valence-corrected chi connectivity index (χ4v) is 4.97. The van der Waals surface area contributed by atoms with Crippen LogP contribution in [0.1, 0.15) is 12.8 Å². The molecule has 5 rings (SSSR count). The van der Waals surface area contributed by atoms with E-state index in [-0.39, 0.29) is 6.03 Å². The number of urea groups is 1. The van der Waals surface area contributed by atoms with E-state index in [1.807, 2.05) is 40.1 Å². The highest BCUT2D eigenvalue weighted by atomic mass is 32.1. The lowest BCUT2D eigenvalue weighted by molar-refractivity contribution is 0.0747. The first kappa shape index (κ1) is 14.4. The quantitative estimate of drug-likeness (QED) is 0.910. The number of rotatable bonds is 2. The summed E-state index contributed by atoms with van der Waals surface area (Å²) in [7, 11) is 0. The molecule has 124 valence electrons. The average molecular weight is 341 g/mol. The van der Waals surface area contributed by atoms with Crippen molar-refractivity contribution in [3.63, 3.8) is 0 Å². The SMILES string of the molecule is O=C(Nc1ccc(-c2cscn2)cc1)N1C[C@@H]2[C@H](C1)[C@H]1CC[C@@H]2O1. The van der Waals surface area contributed by atoms with E-state index in [0.717, 1.165) is 30.0 Å². The Morgan fingerprint density at radius 1 is 1.17 bits per heavy atom. The van der Waals surface area contributed by atoms with Crippen LogP contribution in [-0.2, 0) is 4.74 Å². The molecule has 0 saturated carbocycles. The number of hydrogen-bond donors (Lipinski definition) is 1. The summed E-state index contributed by atoms with van der Waals surface area (Å²) in [5.41, 5.74) is 4.70. The fraction of sp³-hybridized carbons (Fsp3) is 0.444. The molecule has 0 unspecified atom stereocenters. The van der Waals surface area contributed by atoms with Gasteiger partial charge in [-0.15, -0.1) is 11.3 Å². The number of hydrogen-bond acceptors (Lipinski definition) is 4. The van der Waals surface area contributed by atoms with Crippen LogP contribution in [-0.4, -0.2) is 41.2 Å². The third-order valence-electron chi connectivity index (χ3n) is 5.60. The number of likely N-dealkylation sites (tertiary alicyclic amines) is 1. The van der Waals surface area contributed by atoms with E-state index >= 15 is 0 Å². The second kappa shape index (κ2) is 5.57. The predicted octanol–water partition coefficient (Wildman–Crippen LogP) is 3.45. The molecule has 4 atom stereocenters. The first-order chi connectivity index (χ1) is 11.8. The van der Waals surface area contributed by atoms with Gasteiger partial charge in [0.2, 0.25) is 0 Å². The van der Waals surface area contributed by atoms with E-state index < -0.39 is 0 Å². The molecule has 3 aliphatic heterocycles. The zero-order valence-electron chi connectivity index (χ0n) is 13.2. The first-order valence-electron chi connectivity index (χ1n) is 8.48. The van der Waals surface area contributed by atoms with Gasteiger partial charge < -0.3 is 15.0 Å². The highest BCUT2D eigenvalue weighted by molar-refractivity contribution is 7.07. The van der Waals surface area contributed by atoms with Gasteiger partial charge in [-0.3, -0.25) is 0 Å². The number of ether oxygens (including phenoxy) is 1. The lowest BCUT2D eigenvalue weighted by atomic mass is 9.82. The summed E-state index contributed by atoms with van der Waals surface area (Å²) < 4.78 is 5.97. The normalized spacial score (nSPS) is 30.6. The second-order valence-corrected chi connectivity index (χ2v) is 7.62. The Balaban J connectivity index is 1.24. The summed E-state index contributed by atoms with van der Waals surface area (Å²) in [5, 5.41) is 5.04. The molecule has 1 aromatic carbocycles. The molecule has 3 fully saturated rings. The van der Waals surface area contributed by atoms with Crippen molar-refractivity contribution in [2.45, 2.75) is 25.0 Å². The van der Waals surface area contributed by atoms with Crippen LogP contribution in [0.5, 0.6) is 0 Å². The molecule has 0 spiro atoms. The van der Waals surface area contributed by atoms with Crippen LogP contribution in [0, 0.1) is 11.8 Å². The van der Waals surface area contributed by atoms with Gasteiger partial charge in [0.1, 0.15) is 0 Å². The molecule has 1 aromatic heterocycles. The zero-order chi connectivity index (χ0) is 16.1. The summed E-state index contributed by atoms with van der Waals surface area (Å²) >= 11 is 1.58. The van der Waals surface area contributed by atoms with Gasteiger partial charge in [0.25, 0.3) is 0 Å². The topological polar surface area (TPSA) is 54.5 Å². The smallest absolute Gasteiger partial charge is 0.321 e. The van der Waals surface area contributed by atoms with Crippen LogP contribution in [0.25, 0.3) is 11.3 Å². The van der Waals surface area contributed by atoms with Gasteiger partial charge in [-0.05, 0) is 25.0 Å². The van der Waals surface area contributed by atoms with Crippen LogP contribution in [0.2, 0.25) is 0 Å². The Morgan fingerprint density at radius 2 is 1.88 bits per heavy atom. The Hall–Kier alpha value is -1.92. The maximum absolute atomic E-state index is 12.6. The van der Waals surface area contributed by atoms with Crippen molar-refractivity contribution in [2.24, 2.45) is 11.8 Å². The molecular weight excluding hydrogens is 322 g/mol. The van der Waals surface area contributed by atoms with Crippen LogP contribution in [0.4, 0.5) is 10.5 Å². The van der Waals surface area contributed by atoms with Gasteiger partial charge in [-0.1, -0.05) is 12.1 Å². The number of anilines is 1. The number of nitrogens with one attached hydrogen (secondary N) is 1. The summed E-state index contributed by atoms with van der Waals surface area (Å²) in [6.07, 6.45) is 3.10. The van der Waals surface area contributed by atoms with E-state index in [0.29, 0.717) is 24.0 Å². The number of nitrogens with zero attached hydrogens (tertiary/aromatic N) is 2. The number of carbonyl (C=O) groups is 1. The molecule has 2 aromatic rings. The minimum atomic E-state index is 0.00482. The molecule has 4 heterocycles. The maximum Gasteiger partial charge on any atom is 0.321 e. The average Bonchev–Trinajstić information content (AvgIpc) is 3.35. The molecule has 0 radical (unpaired) electrons. The van der Waals surface area contributed by atoms with Gasteiger partial charge >= 0.3 is 6.03 Å². The molecule has 24 heavy (non-hydrogen) atoms. The number of benzene rings is 1. The van der Waals surface area contributed by atoms with Gasteiger partial charge in [0, 0.05) is 41.6 Å². The fourth-order valence-electron chi connectivity index (χ4n) is 4.41. The van der Waals surface area contributed by atoms with E-state index in [9.17, 15) is 4.79 Å². The Morgan fingerprint density at radius 3 is 2.50 bits per heavy atom. The summed E-state index contributed by atoms with van der Waals surface area (Å²) in [6, 6.07) is 7.88. The molecule has 2 bridgehead atoms. The highest BCUT2D eigenvalue weighted by Gasteiger charge is 2.53. The minimum Gasteiger partial charge on any atom is -0.374 e. The third-order valence-corrected chi connectivity index (χ3v) is 6.19. The third kappa shape index (κ3) is 2.32. The highest BCUT2D eigenvalue weighted by Crippen LogP contribution is 2.47. The Labute approximate surface area is 144 Å². The minimum absolute atomic E-state index is 0.00482. The maximum atomic E-state index is 12.6. The second-order valence-electron chi connectivity index (χ2n) is 6.90. The number of fused-ring (bicyclic) bond motifs is 5. The lowest BCUT2D eigenvalue weighted by Crippen LogP contribution is -2.35. The van der Waals surface area contributed by atoms with Gasteiger partial charge in [0.15, 0.2) is 0 Å². The molecule has 6 heteroatoms. The van der Waals surface area contributed by atoms with Crippen LogP contribution >= 0.6 is 11.3 Å². The van der Waals surface area contributed by atoms with Crippen molar-refractivity contribution < 1.29 is 9.53 Å². The van der Waals surface area contributed by atoms with Crippen molar-refractivity contribution in [2.75, 3.05) is 18.4 Å². The first-order valence-corrected chi connectivity index (χ1v) is 9.42. The molecule has 3 saturated heterocycles. The van der Waals surface area contributed by atoms with Crippen LogP contribution in [0.3, 0.4) is 0 Å². The molecule has 2 amide bonds. The monoisotopic (exact) mass is 341 g/mol. The van der Waals surface area contributed by atoms with Crippen molar-refractivity contribution in [1.29, 1.82) is 0 Å². The zero-order valence-corrected chi connectivity index (χ0v) is 14.0. The molecular formula is C18H19N3O2S. The van der Waals surface area contributed by atoms with Crippen molar-refractivity contribution in [3.8, 4) is 11.3 Å². The summed E-state index contributed by atoms with van der Waals surface area (Å²) in [6.45, 7) is 1.66. The standard InChI is InChI=1S/C18H19N3O2S/c22-18(21-7-13-14(8-21)17-6-5-16(13)23-17)20-12-3-1-11(2-4-12)15-9-24-10-19-15/h1-4,9-10,13-14,16-17H,5-8H2,(H,20,22)/t13-,14+,16+,17-. The number of thiazole rings is 1. The predicted molar refractivity (Wildman–Crippen MR) is 93.0 cm³/mol. The van der Waals surface area contributed by atoms with Gasteiger partial charge in [-0.2, -0.15) is 0 Å². The van der Waals surface area contributed by atoms with Crippen LogP contribution in [0.15, 0.2) is 35.2 Å². The van der Waals surface area contributed by atoms with E-state index in [2.05, 4.69) is 10.3 Å². The van der Waals surface area contributed by atoms with E-state index in [1.165, 1.54) is 12.8 Å². The lowest BCUT2D eigenvalue weighted by Gasteiger charge is -2.19. The van der Waals surface area contributed by atoms with Crippen molar-refractivity contribution >= 4 is 23.1 Å². The molecule has 1 N–H and O–H groups in total. The number of carbonyl (C=O) groups excluding carboxylic acids is 1. The number of amides is 2. The van der Waals surface area contributed by atoms with E-state index in [1.54, 1.807) is 11.3 Å². The molecule has 5 nitrogen and oxygen atoms in total. The van der Waals surface area contributed by atoms with Gasteiger partial charge in [-0.25, -0.2) is 9.78 Å². The number of aromatic nitrogens is 1. The van der Waals surface area contributed by atoms with Crippen LogP contribution < -0.4 is 5.32 Å². The summed E-state index contributed by atoms with van der Waals surface area (Å²) in [4.78, 5) is 18.8. The van der Waals surface area contributed by atoms with Crippen molar-refractivity contribution in [1.82, 2.24) is 9.88 Å². The summed E-state index contributed by atoms with van der Waals surface area (Å²) in [5.74, 6) is 1.09. The Bertz CT molecular complexity index is 728. The molecule has 3 aliphatic rings. The Kier molecular flexibility index (Phi) is 3.35. The van der Waals surface area contributed by atoms with Crippen molar-refractivity contribution in [3.05, 3.63) is 35.2 Å². The molecule has 0 aliphatic carbocycles.